The third-order valence-electron chi connectivity index (χ3n) is 6.27. The van der Waals surface area contributed by atoms with Gasteiger partial charge in [-0.15, -0.1) is 0 Å². The van der Waals surface area contributed by atoms with E-state index in [-0.39, 0.29) is 54.8 Å². The number of carbonyl (C=O) groups is 2. The Morgan fingerprint density at radius 2 is 1.78 bits per heavy atom. The highest BCUT2D eigenvalue weighted by Crippen LogP contribution is 2.37. The number of hydrogen-bond donors (Lipinski definition) is 4. The van der Waals surface area contributed by atoms with Gasteiger partial charge in [0.25, 0.3) is 12.3 Å². The second-order valence-corrected chi connectivity index (χ2v) is 10.6. The summed E-state index contributed by atoms with van der Waals surface area (Å²) in [6.45, 7) is -1.45. The van der Waals surface area contributed by atoms with Crippen LogP contribution in [0.5, 0.6) is 5.75 Å². The van der Waals surface area contributed by atoms with Crippen LogP contribution in [0.15, 0.2) is 42.5 Å². The highest BCUT2D eigenvalue weighted by molar-refractivity contribution is 6.39. The van der Waals surface area contributed by atoms with Gasteiger partial charge >= 0.3 is 6.18 Å². The van der Waals surface area contributed by atoms with Gasteiger partial charge in [0.2, 0.25) is 11.9 Å². The molecule has 45 heavy (non-hydrogen) atoms. The quantitative estimate of drug-likeness (QED) is 0.135. The number of aryl methyl sites for hydroxylation is 1. The Bertz CT molecular complexity index is 1770. The van der Waals surface area contributed by atoms with Gasteiger partial charge < -0.3 is 31.0 Å². The van der Waals surface area contributed by atoms with Crippen molar-refractivity contribution in [2.75, 3.05) is 17.2 Å². The number of benzene rings is 3. The van der Waals surface area contributed by atoms with E-state index in [0.29, 0.717) is 5.52 Å². The molecule has 0 bridgehead atoms. The molecule has 9 nitrogen and oxygen atoms in total. The molecule has 0 saturated carbocycles. The average Bonchev–Trinajstić information content (AvgIpc) is 3.27. The number of alkyl halides is 5. The maximum absolute atomic E-state index is 13.6. The molecule has 0 saturated heterocycles. The first kappa shape index (κ1) is 34.0. The highest BCUT2D eigenvalue weighted by atomic mass is 35.5. The number of carbonyl (C=O) groups excluding carboxylic acids is 2. The van der Waals surface area contributed by atoms with Crippen molar-refractivity contribution < 1.29 is 40.7 Å². The van der Waals surface area contributed by atoms with Crippen molar-refractivity contribution in [1.29, 1.82) is 0 Å². The zero-order valence-corrected chi connectivity index (χ0v) is 25.0. The first-order valence-electron chi connectivity index (χ1n) is 12.6. The number of anilines is 3. The molecule has 0 aliphatic carbocycles. The van der Waals surface area contributed by atoms with Crippen LogP contribution < -0.4 is 26.4 Å². The van der Waals surface area contributed by atoms with Crippen molar-refractivity contribution in [1.82, 2.24) is 14.9 Å². The lowest BCUT2D eigenvalue weighted by molar-refractivity contribution is -0.162. The number of hydrogen-bond acceptors (Lipinski definition) is 6. The first-order valence-corrected chi connectivity index (χ1v) is 13.7. The lowest BCUT2D eigenvalue weighted by atomic mass is 10.1. The third-order valence-corrected chi connectivity index (χ3v) is 7.30. The fourth-order valence-electron chi connectivity index (χ4n) is 3.95. The van der Waals surface area contributed by atoms with Crippen LogP contribution in [0.4, 0.5) is 43.7 Å². The summed E-state index contributed by atoms with van der Waals surface area (Å²) in [7, 11) is 1.54. The molecule has 0 fully saturated rings. The van der Waals surface area contributed by atoms with Crippen molar-refractivity contribution in [3.05, 3.63) is 74.5 Å². The molecule has 240 valence electrons. The number of imidazole rings is 1. The van der Waals surface area contributed by atoms with Gasteiger partial charge in [-0.2, -0.15) is 13.2 Å². The second-order valence-electron chi connectivity index (χ2n) is 9.37. The Labute approximate surface area is 265 Å². The van der Waals surface area contributed by atoms with Crippen molar-refractivity contribution in [2.24, 2.45) is 12.8 Å². The molecule has 5 N–H and O–H groups in total. The Kier molecular flexibility index (Phi) is 10.3. The van der Waals surface area contributed by atoms with Crippen LogP contribution in [0.2, 0.25) is 15.1 Å². The van der Waals surface area contributed by atoms with Gasteiger partial charge in [0, 0.05) is 25.3 Å². The molecule has 0 radical (unpaired) electrons. The summed E-state index contributed by atoms with van der Waals surface area (Å²) >= 11 is 18.6. The number of fused-ring (bicyclic) bond motifs is 1. The van der Waals surface area contributed by atoms with Crippen LogP contribution in [-0.4, -0.2) is 46.6 Å². The summed E-state index contributed by atoms with van der Waals surface area (Å²) in [5.41, 5.74) is 5.64. The molecule has 4 aromatic rings. The van der Waals surface area contributed by atoms with Crippen LogP contribution in [0.3, 0.4) is 0 Å². The second kappa shape index (κ2) is 13.6. The summed E-state index contributed by atoms with van der Waals surface area (Å²) in [6.07, 6.45) is -7.80. The Balaban J connectivity index is 1.66. The summed E-state index contributed by atoms with van der Waals surface area (Å²) in [5, 5.41) is 7.22. The summed E-state index contributed by atoms with van der Waals surface area (Å²) in [4.78, 5) is 29.4. The standard InChI is InChI=1S/C27H21Cl3F6N6O3/c1-42-18-8-19(45-10-20(32)33)13(24(43)39-12-3-5-16(31)15(29)6-12)7-17(18)40-26(42)41-22-14(28)4-2-11(21(22)30)9-38-25(44)23(37)27(34,35)36/h2-8,20,23H,9-10,37H2,1H3,(H,38,44)(H,39,43)(H,40,41). The van der Waals surface area contributed by atoms with E-state index < -0.39 is 49.4 Å². The van der Waals surface area contributed by atoms with Crippen LogP contribution in [0.25, 0.3) is 11.0 Å². The van der Waals surface area contributed by atoms with Crippen LogP contribution in [-0.2, 0) is 18.4 Å². The molecule has 18 heteroatoms. The molecule has 3 aromatic carbocycles. The number of amides is 2. The zero-order valence-electron chi connectivity index (χ0n) is 22.7. The highest BCUT2D eigenvalue weighted by Gasteiger charge is 2.41. The Morgan fingerprint density at radius 1 is 1.07 bits per heavy atom. The summed E-state index contributed by atoms with van der Waals surface area (Å²) in [6, 6.07) is 6.05. The average molecular weight is 698 g/mol. The topological polar surface area (TPSA) is 123 Å². The van der Waals surface area contributed by atoms with Gasteiger partial charge in [-0.3, -0.25) is 9.59 Å². The lowest BCUT2D eigenvalue weighted by Crippen LogP contribution is -2.49. The van der Waals surface area contributed by atoms with Gasteiger partial charge in [0.1, 0.15) is 18.2 Å². The molecule has 1 atom stereocenters. The van der Waals surface area contributed by atoms with E-state index in [9.17, 15) is 35.9 Å². The van der Waals surface area contributed by atoms with Crippen LogP contribution in [0, 0.1) is 5.82 Å². The molecule has 2 amide bonds. The van der Waals surface area contributed by atoms with Crippen LogP contribution >= 0.6 is 34.8 Å². The molecule has 1 aromatic heterocycles. The van der Waals surface area contributed by atoms with E-state index in [4.69, 9.17) is 45.3 Å². The van der Waals surface area contributed by atoms with E-state index in [1.165, 1.54) is 34.9 Å². The maximum Gasteiger partial charge on any atom is 0.412 e. The van der Waals surface area contributed by atoms with E-state index in [2.05, 4.69) is 20.9 Å². The molecule has 0 spiro atoms. The number of nitrogens with zero attached hydrogens (tertiary/aromatic N) is 2. The Morgan fingerprint density at radius 3 is 2.42 bits per heavy atom. The number of nitrogens with two attached hydrogens (primary N) is 1. The zero-order chi connectivity index (χ0) is 33.2. The normalized spacial score (nSPS) is 12.4. The monoisotopic (exact) mass is 696 g/mol. The molecular weight excluding hydrogens is 677 g/mol. The SMILES string of the molecule is Cn1c(Nc2c(Cl)ccc(CNC(=O)C(N)C(F)(F)F)c2Cl)nc2cc(C(=O)Nc3ccc(F)c(Cl)c3)c(OCC(F)F)cc21. The molecule has 1 unspecified atom stereocenters. The minimum atomic E-state index is -4.94. The fraction of sp³-hybridized carbons (Fsp3) is 0.222. The largest absolute Gasteiger partial charge is 0.487 e. The first-order chi connectivity index (χ1) is 21.1. The lowest BCUT2D eigenvalue weighted by Gasteiger charge is -2.17. The van der Waals surface area contributed by atoms with Crippen molar-refractivity contribution in [3.63, 3.8) is 0 Å². The minimum Gasteiger partial charge on any atom is -0.487 e. The van der Waals surface area contributed by atoms with Gasteiger partial charge in [-0.05, 0) is 35.9 Å². The number of nitrogens with one attached hydrogen (secondary N) is 3. The summed E-state index contributed by atoms with van der Waals surface area (Å²) < 4.78 is 84.5. The molecule has 4 rings (SSSR count). The maximum atomic E-state index is 13.6. The van der Waals surface area contributed by atoms with E-state index in [0.717, 1.165) is 12.1 Å². The minimum absolute atomic E-state index is 0.0607. The number of halogens is 9. The third kappa shape index (κ3) is 7.84. The predicted molar refractivity (Wildman–Crippen MR) is 157 cm³/mol. The van der Waals surface area contributed by atoms with Gasteiger partial charge in [0.05, 0.1) is 37.4 Å². The van der Waals surface area contributed by atoms with Gasteiger partial charge in [0.15, 0.2) is 6.04 Å². The smallest absolute Gasteiger partial charge is 0.412 e. The molecular formula is C27H21Cl3F6N6O3. The van der Waals surface area contributed by atoms with E-state index in [1.54, 1.807) is 7.05 Å². The van der Waals surface area contributed by atoms with E-state index in [1.807, 2.05) is 0 Å². The van der Waals surface area contributed by atoms with Gasteiger partial charge in [-0.1, -0.05) is 40.9 Å². The Hall–Kier alpha value is -3.92. The van der Waals surface area contributed by atoms with Crippen molar-refractivity contribution in [2.45, 2.75) is 25.2 Å². The van der Waals surface area contributed by atoms with E-state index >= 15 is 0 Å². The number of aromatic nitrogens is 2. The summed E-state index contributed by atoms with van der Waals surface area (Å²) in [5.74, 6) is -3.10. The number of rotatable bonds is 10. The van der Waals surface area contributed by atoms with Crippen LogP contribution in [0.1, 0.15) is 15.9 Å². The molecule has 1 heterocycles. The molecule has 0 aliphatic heterocycles. The van der Waals surface area contributed by atoms with Crippen molar-refractivity contribution in [3.8, 4) is 5.75 Å². The molecule has 0 aliphatic rings. The van der Waals surface area contributed by atoms with Gasteiger partial charge in [-0.25, -0.2) is 18.2 Å². The predicted octanol–water partition coefficient (Wildman–Crippen LogP) is 6.82. The van der Waals surface area contributed by atoms with Crippen molar-refractivity contribution >= 4 is 75.0 Å². The number of ether oxygens (including phenoxy) is 1. The fourth-order valence-corrected chi connectivity index (χ4v) is 4.66.